The number of hydrogen-bond donors (Lipinski definition) is 2. The van der Waals surface area contributed by atoms with Crippen molar-refractivity contribution in [1.82, 2.24) is 10.6 Å². The van der Waals surface area contributed by atoms with Gasteiger partial charge in [-0.05, 0) is 31.5 Å². The molecule has 1 saturated heterocycles. The Balaban J connectivity index is 2.29. The van der Waals surface area contributed by atoms with Gasteiger partial charge < -0.3 is 10.6 Å². The van der Waals surface area contributed by atoms with Gasteiger partial charge in [-0.1, -0.05) is 25.1 Å². The van der Waals surface area contributed by atoms with Crippen molar-refractivity contribution in [3.8, 4) is 0 Å². The fourth-order valence-corrected chi connectivity index (χ4v) is 2.55. The molecule has 0 radical (unpaired) electrons. The van der Waals surface area contributed by atoms with Crippen LogP contribution < -0.4 is 15.5 Å². The van der Waals surface area contributed by atoms with Crippen LogP contribution in [0.1, 0.15) is 18.1 Å². The molecule has 4 nitrogen and oxygen atoms in total. The molecule has 98 valence electrons. The largest absolute Gasteiger partial charge is 0.332 e. The first-order valence-electron chi connectivity index (χ1n) is 6.48. The fraction of sp³-hybridized carbons (Fsp3) is 0.500. The monoisotopic (exact) mass is 247 g/mol. The number of benzene rings is 1. The van der Waals surface area contributed by atoms with Crippen LogP contribution in [-0.4, -0.2) is 32.2 Å². The standard InChI is InChI=1S/C14H21N3O/c1-4-11-7-5-6-10(2)13(11)17-9-12(8-15-3)16-14(17)18/h5-7,12,15H,4,8-9H2,1-3H3,(H,16,18). The molecular weight excluding hydrogens is 226 g/mol. The third kappa shape index (κ3) is 2.34. The molecule has 0 saturated carbocycles. The molecule has 1 fully saturated rings. The van der Waals surface area contributed by atoms with E-state index in [1.165, 1.54) is 5.56 Å². The molecule has 0 aliphatic carbocycles. The fourth-order valence-electron chi connectivity index (χ4n) is 2.55. The van der Waals surface area contributed by atoms with Crippen LogP contribution in [0.5, 0.6) is 0 Å². The minimum absolute atomic E-state index is 0.0132. The van der Waals surface area contributed by atoms with Crippen LogP contribution in [0.2, 0.25) is 0 Å². The minimum atomic E-state index is 0.0132. The Morgan fingerprint density at radius 3 is 2.94 bits per heavy atom. The smallest absolute Gasteiger partial charge is 0.322 e. The Bertz CT molecular complexity index is 445. The van der Waals surface area contributed by atoms with Gasteiger partial charge in [0.15, 0.2) is 0 Å². The zero-order chi connectivity index (χ0) is 13.1. The lowest BCUT2D eigenvalue weighted by Crippen LogP contribution is -2.35. The lowest BCUT2D eigenvalue weighted by atomic mass is 10.0. The molecular formula is C14H21N3O. The summed E-state index contributed by atoms with van der Waals surface area (Å²) in [4.78, 5) is 13.9. The van der Waals surface area contributed by atoms with Gasteiger partial charge in [0.2, 0.25) is 0 Å². The Morgan fingerprint density at radius 1 is 1.50 bits per heavy atom. The van der Waals surface area contributed by atoms with E-state index in [2.05, 4.69) is 42.7 Å². The van der Waals surface area contributed by atoms with Crippen molar-refractivity contribution < 1.29 is 4.79 Å². The number of carbonyl (C=O) groups excluding carboxylic acids is 1. The molecule has 0 spiro atoms. The minimum Gasteiger partial charge on any atom is -0.332 e. The molecule has 0 aromatic heterocycles. The van der Waals surface area contributed by atoms with E-state index < -0.39 is 0 Å². The number of anilines is 1. The summed E-state index contributed by atoms with van der Waals surface area (Å²) < 4.78 is 0. The Hall–Kier alpha value is -1.55. The van der Waals surface area contributed by atoms with Crippen molar-refractivity contribution in [2.75, 3.05) is 25.0 Å². The number of likely N-dealkylation sites (N-methyl/N-ethyl adjacent to an activating group) is 1. The lowest BCUT2D eigenvalue weighted by molar-refractivity contribution is 0.250. The maximum Gasteiger partial charge on any atom is 0.322 e. The summed E-state index contributed by atoms with van der Waals surface area (Å²) >= 11 is 0. The van der Waals surface area contributed by atoms with Crippen molar-refractivity contribution in [2.24, 2.45) is 0 Å². The molecule has 18 heavy (non-hydrogen) atoms. The van der Waals surface area contributed by atoms with E-state index in [1.807, 2.05) is 11.9 Å². The summed E-state index contributed by atoms with van der Waals surface area (Å²) in [5, 5.41) is 6.11. The van der Waals surface area contributed by atoms with Crippen LogP contribution in [0, 0.1) is 6.92 Å². The highest BCUT2D eigenvalue weighted by molar-refractivity contribution is 5.96. The highest BCUT2D eigenvalue weighted by atomic mass is 16.2. The topological polar surface area (TPSA) is 44.4 Å². The number of carbonyl (C=O) groups is 1. The summed E-state index contributed by atoms with van der Waals surface area (Å²) in [7, 11) is 1.90. The number of amides is 2. The number of urea groups is 1. The second-order valence-corrected chi connectivity index (χ2v) is 4.75. The predicted molar refractivity (Wildman–Crippen MR) is 74.1 cm³/mol. The van der Waals surface area contributed by atoms with Crippen molar-refractivity contribution in [2.45, 2.75) is 26.3 Å². The molecule has 4 heteroatoms. The number of rotatable bonds is 4. The third-order valence-corrected chi connectivity index (χ3v) is 3.40. The van der Waals surface area contributed by atoms with Gasteiger partial charge in [-0.15, -0.1) is 0 Å². The first-order valence-corrected chi connectivity index (χ1v) is 6.48. The van der Waals surface area contributed by atoms with Crippen molar-refractivity contribution in [1.29, 1.82) is 0 Å². The van der Waals surface area contributed by atoms with Gasteiger partial charge in [-0.3, -0.25) is 4.90 Å². The van der Waals surface area contributed by atoms with E-state index >= 15 is 0 Å². The average Bonchev–Trinajstić information content (AvgIpc) is 2.70. The number of nitrogens with zero attached hydrogens (tertiary/aromatic N) is 1. The molecule has 2 amide bonds. The molecule has 1 aliphatic rings. The number of hydrogen-bond acceptors (Lipinski definition) is 2. The Labute approximate surface area is 108 Å². The van der Waals surface area contributed by atoms with Gasteiger partial charge in [0.1, 0.15) is 0 Å². The molecule has 2 rings (SSSR count). The maximum absolute atomic E-state index is 12.1. The number of aryl methyl sites for hydroxylation is 2. The SMILES string of the molecule is CCc1cccc(C)c1N1CC(CNC)NC1=O. The zero-order valence-electron chi connectivity index (χ0n) is 11.3. The van der Waals surface area contributed by atoms with Crippen LogP contribution in [0.3, 0.4) is 0 Å². The molecule has 2 N–H and O–H groups in total. The third-order valence-electron chi connectivity index (χ3n) is 3.40. The van der Waals surface area contributed by atoms with E-state index in [0.717, 1.165) is 30.8 Å². The molecule has 0 bridgehead atoms. The maximum atomic E-state index is 12.1. The van der Waals surface area contributed by atoms with Gasteiger partial charge in [0.05, 0.1) is 11.7 Å². The first-order chi connectivity index (χ1) is 8.67. The zero-order valence-corrected chi connectivity index (χ0v) is 11.3. The van der Waals surface area contributed by atoms with Crippen molar-refractivity contribution in [3.63, 3.8) is 0 Å². The molecule has 1 aliphatic heterocycles. The number of nitrogens with one attached hydrogen (secondary N) is 2. The summed E-state index contributed by atoms with van der Waals surface area (Å²) in [5.41, 5.74) is 3.47. The first kappa shape index (κ1) is 12.9. The molecule has 1 unspecified atom stereocenters. The number of para-hydroxylation sites is 1. The normalized spacial score (nSPS) is 19.2. The van der Waals surface area contributed by atoms with E-state index in [1.54, 1.807) is 0 Å². The molecule has 1 aromatic rings. The summed E-state index contributed by atoms with van der Waals surface area (Å²) in [6, 6.07) is 6.41. The summed E-state index contributed by atoms with van der Waals surface area (Å²) in [5.74, 6) is 0. The molecule has 1 aromatic carbocycles. The lowest BCUT2D eigenvalue weighted by Gasteiger charge is -2.21. The van der Waals surface area contributed by atoms with Crippen LogP contribution >= 0.6 is 0 Å². The van der Waals surface area contributed by atoms with E-state index in [4.69, 9.17) is 0 Å². The molecule has 1 heterocycles. The quantitative estimate of drug-likeness (QED) is 0.850. The second-order valence-electron chi connectivity index (χ2n) is 4.75. The van der Waals surface area contributed by atoms with Crippen LogP contribution in [0.25, 0.3) is 0 Å². The van der Waals surface area contributed by atoms with Crippen LogP contribution in [0.15, 0.2) is 18.2 Å². The van der Waals surface area contributed by atoms with E-state index in [0.29, 0.717) is 0 Å². The average molecular weight is 247 g/mol. The highest BCUT2D eigenvalue weighted by Crippen LogP contribution is 2.27. The van der Waals surface area contributed by atoms with E-state index in [-0.39, 0.29) is 12.1 Å². The summed E-state index contributed by atoms with van der Waals surface area (Å²) in [6.45, 7) is 5.72. The van der Waals surface area contributed by atoms with Crippen LogP contribution in [-0.2, 0) is 6.42 Å². The van der Waals surface area contributed by atoms with Gasteiger partial charge in [-0.2, -0.15) is 0 Å². The van der Waals surface area contributed by atoms with E-state index in [9.17, 15) is 4.79 Å². The van der Waals surface area contributed by atoms with Crippen molar-refractivity contribution in [3.05, 3.63) is 29.3 Å². The van der Waals surface area contributed by atoms with Gasteiger partial charge >= 0.3 is 6.03 Å². The van der Waals surface area contributed by atoms with Crippen molar-refractivity contribution >= 4 is 11.7 Å². The van der Waals surface area contributed by atoms with Gasteiger partial charge in [0.25, 0.3) is 0 Å². The Kier molecular flexibility index (Phi) is 3.87. The second kappa shape index (κ2) is 5.40. The Morgan fingerprint density at radius 2 is 2.28 bits per heavy atom. The summed E-state index contributed by atoms with van der Waals surface area (Å²) in [6.07, 6.45) is 0.942. The van der Waals surface area contributed by atoms with Gasteiger partial charge in [-0.25, -0.2) is 4.79 Å². The predicted octanol–water partition coefficient (Wildman–Crippen LogP) is 1.68. The van der Waals surface area contributed by atoms with Gasteiger partial charge in [0, 0.05) is 13.1 Å². The van der Waals surface area contributed by atoms with Crippen LogP contribution in [0.4, 0.5) is 10.5 Å². The highest BCUT2D eigenvalue weighted by Gasteiger charge is 2.30. The molecule has 1 atom stereocenters.